The number of rotatable bonds is 8. The highest BCUT2D eigenvalue weighted by atomic mass is 32.2. The molecule has 2 aliphatic heterocycles. The fourth-order valence-electron chi connectivity index (χ4n) is 6.22. The molecule has 0 unspecified atom stereocenters. The number of nitrogens with one attached hydrogen (secondary N) is 1. The van der Waals surface area contributed by atoms with Gasteiger partial charge in [-0.1, -0.05) is 79.1 Å². The van der Waals surface area contributed by atoms with Crippen molar-refractivity contribution in [3.8, 4) is 0 Å². The number of allylic oxidation sites excluding steroid dienone is 2. The van der Waals surface area contributed by atoms with Crippen LogP contribution in [0.15, 0.2) is 101 Å². The Labute approximate surface area is 267 Å². The van der Waals surface area contributed by atoms with Crippen molar-refractivity contribution in [3.05, 3.63) is 118 Å². The Morgan fingerprint density at radius 3 is 2.74 bits per heavy atom. The summed E-state index contributed by atoms with van der Waals surface area (Å²) >= 11 is 5.62. The van der Waals surface area contributed by atoms with Crippen molar-refractivity contribution in [2.24, 2.45) is 0 Å². The average Bonchev–Trinajstić information content (AvgIpc) is 3.71. The molecule has 4 aromatic carbocycles. The van der Waals surface area contributed by atoms with Crippen LogP contribution in [0.2, 0.25) is 0 Å². The molecule has 0 amide bonds. The summed E-state index contributed by atoms with van der Waals surface area (Å²) < 4.78 is 3.83. The first-order valence-corrected chi connectivity index (χ1v) is 17.7. The van der Waals surface area contributed by atoms with Crippen molar-refractivity contribution in [1.29, 1.82) is 0 Å². The number of thiazole rings is 1. The predicted octanol–water partition coefficient (Wildman–Crippen LogP) is 10.5. The van der Waals surface area contributed by atoms with Gasteiger partial charge in [-0.2, -0.15) is 4.57 Å². The lowest BCUT2D eigenvalue weighted by atomic mass is 10.0. The maximum absolute atomic E-state index is 4.29. The van der Waals surface area contributed by atoms with Gasteiger partial charge < -0.3 is 10.2 Å². The molecule has 0 saturated heterocycles. The Morgan fingerprint density at radius 1 is 1.02 bits per heavy atom. The second-order valence-corrected chi connectivity index (χ2v) is 14.1. The molecule has 0 aliphatic carbocycles. The van der Waals surface area contributed by atoms with Gasteiger partial charge in [0, 0.05) is 40.4 Å². The third kappa shape index (κ3) is 5.20. The van der Waals surface area contributed by atoms with Crippen LogP contribution in [0.5, 0.6) is 0 Å². The van der Waals surface area contributed by atoms with E-state index in [-0.39, 0.29) is 0 Å². The number of hydrogen-bond acceptors (Lipinski definition) is 5. The van der Waals surface area contributed by atoms with Gasteiger partial charge in [-0.05, 0) is 84.3 Å². The van der Waals surface area contributed by atoms with E-state index >= 15 is 0 Å². The number of aromatic nitrogens is 1. The lowest BCUT2D eigenvalue weighted by Gasteiger charge is -2.19. The lowest BCUT2D eigenvalue weighted by molar-refractivity contribution is -0.664. The van der Waals surface area contributed by atoms with Gasteiger partial charge in [0.05, 0.1) is 16.1 Å². The fraction of sp³-hybridized carbons (Fsp3) is 0.216. The van der Waals surface area contributed by atoms with Crippen LogP contribution in [0.3, 0.4) is 0 Å². The van der Waals surface area contributed by atoms with Gasteiger partial charge in [-0.3, -0.25) is 0 Å². The van der Waals surface area contributed by atoms with E-state index in [1.165, 1.54) is 68.8 Å². The quantitative estimate of drug-likeness (QED) is 0.174. The van der Waals surface area contributed by atoms with Gasteiger partial charge in [0.15, 0.2) is 0 Å². The molecule has 0 fully saturated rings. The molecule has 3 heterocycles. The van der Waals surface area contributed by atoms with E-state index in [0.717, 1.165) is 37.5 Å². The maximum Gasteiger partial charge on any atom is 0.263 e. The highest BCUT2D eigenvalue weighted by Gasteiger charge is 2.26. The number of thioether (sulfide) groups is 2. The van der Waals surface area contributed by atoms with Crippen LogP contribution in [-0.2, 0) is 18.8 Å². The Bertz CT molecular complexity index is 1950. The zero-order chi connectivity index (χ0) is 29.5. The van der Waals surface area contributed by atoms with Crippen molar-refractivity contribution < 1.29 is 4.57 Å². The first-order valence-electron chi connectivity index (χ1n) is 15.1. The standard InChI is InChI=1S/C37H36N3S3/c1-5-25(20-35-40(7-3)37-30-14-9-8-11-26(30)15-17-33(37)43-35)19-34-39(6-2)31-21-29(16-18-32(31)42-34)38-22-27-12-10-13-28-23-41-24(4)36(27)28/h8-21,38H,4-7,22-23H2,1-3H3/q+1. The summed E-state index contributed by atoms with van der Waals surface area (Å²) in [5, 5.41) is 8.94. The van der Waals surface area contributed by atoms with Crippen LogP contribution in [0.1, 0.15) is 48.9 Å². The monoisotopic (exact) mass is 618 g/mol. The van der Waals surface area contributed by atoms with Gasteiger partial charge in [-0.15, -0.1) is 11.8 Å². The van der Waals surface area contributed by atoms with Crippen LogP contribution in [0.25, 0.3) is 32.0 Å². The predicted molar refractivity (Wildman–Crippen MR) is 191 cm³/mol. The Kier molecular flexibility index (Phi) is 7.85. The molecule has 0 spiro atoms. The molecule has 1 N–H and O–H groups in total. The molecule has 3 nitrogen and oxygen atoms in total. The highest BCUT2D eigenvalue weighted by molar-refractivity contribution is 8.08. The van der Waals surface area contributed by atoms with Crippen LogP contribution in [0.4, 0.5) is 11.4 Å². The Hall–Kier alpha value is -3.45. The fourth-order valence-corrected chi connectivity index (χ4v) is 9.60. The molecular formula is C37H36N3S3+. The summed E-state index contributed by atoms with van der Waals surface area (Å²) in [5.74, 6) is 1.03. The van der Waals surface area contributed by atoms with E-state index in [0.29, 0.717) is 0 Å². The van der Waals surface area contributed by atoms with Crippen molar-refractivity contribution >= 4 is 78.2 Å². The second kappa shape index (κ2) is 11.9. The van der Waals surface area contributed by atoms with Gasteiger partial charge in [-0.25, -0.2) is 0 Å². The number of fused-ring (bicyclic) bond motifs is 5. The van der Waals surface area contributed by atoms with E-state index in [2.05, 4.69) is 127 Å². The van der Waals surface area contributed by atoms with Crippen LogP contribution in [0, 0.1) is 0 Å². The summed E-state index contributed by atoms with van der Waals surface area (Å²) in [6.07, 6.45) is 5.79. The number of hydrogen-bond donors (Lipinski definition) is 1. The Balaban J connectivity index is 1.17. The summed E-state index contributed by atoms with van der Waals surface area (Å²) in [5.41, 5.74) is 9.20. The number of nitrogens with zero attached hydrogens (tertiary/aromatic N) is 2. The van der Waals surface area contributed by atoms with Crippen molar-refractivity contribution in [3.63, 3.8) is 0 Å². The number of anilines is 2. The van der Waals surface area contributed by atoms with Gasteiger partial charge in [0.25, 0.3) is 5.01 Å². The van der Waals surface area contributed by atoms with Crippen LogP contribution < -0.4 is 14.8 Å². The SMILES string of the molecule is C=C1SCc2cccc(CNc3ccc4c(c3)N(CC)C(=CC(=Cc3sc5ccc6ccccc6c5[n+]3CC)CC)S4)c21. The third-order valence-electron chi connectivity index (χ3n) is 8.40. The zero-order valence-electron chi connectivity index (χ0n) is 24.9. The molecule has 0 radical (unpaired) electrons. The minimum atomic E-state index is 0.800. The zero-order valence-corrected chi connectivity index (χ0v) is 27.4. The summed E-state index contributed by atoms with van der Waals surface area (Å²) in [6.45, 7) is 13.7. The third-order valence-corrected chi connectivity index (χ3v) is 11.6. The second-order valence-electron chi connectivity index (χ2n) is 10.9. The molecule has 0 bridgehead atoms. The van der Waals surface area contributed by atoms with E-state index in [1.54, 1.807) is 0 Å². The first kappa shape index (κ1) is 28.3. The van der Waals surface area contributed by atoms with E-state index < -0.39 is 0 Å². The average molecular weight is 619 g/mol. The molecule has 0 saturated carbocycles. The van der Waals surface area contributed by atoms with Crippen molar-refractivity contribution in [2.45, 2.75) is 50.9 Å². The van der Waals surface area contributed by atoms with E-state index in [4.69, 9.17) is 0 Å². The normalized spacial score (nSPS) is 15.6. The topological polar surface area (TPSA) is 19.1 Å². The molecule has 7 rings (SSSR count). The van der Waals surface area contributed by atoms with E-state index in [9.17, 15) is 0 Å². The Morgan fingerprint density at radius 2 is 1.91 bits per heavy atom. The van der Waals surface area contributed by atoms with Gasteiger partial charge in [0.2, 0.25) is 5.52 Å². The molecule has 2 aliphatic rings. The van der Waals surface area contributed by atoms with Crippen LogP contribution >= 0.6 is 34.9 Å². The summed E-state index contributed by atoms with van der Waals surface area (Å²) in [4.78, 5) is 4.97. The lowest BCUT2D eigenvalue weighted by Crippen LogP contribution is -2.33. The highest BCUT2D eigenvalue weighted by Crippen LogP contribution is 2.48. The maximum atomic E-state index is 4.29. The molecule has 216 valence electrons. The first-order chi connectivity index (χ1) is 21.1. The minimum Gasteiger partial charge on any atom is -0.381 e. The van der Waals surface area contributed by atoms with Crippen molar-refractivity contribution in [1.82, 2.24) is 0 Å². The summed E-state index contributed by atoms with van der Waals surface area (Å²) in [7, 11) is 0. The molecular weight excluding hydrogens is 583 g/mol. The van der Waals surface area contributed by atoms with Crippen molar-refractivity contribution in [2.75, 3.05) is 16.8 Å². The van der Waals surface area contributed by atoms with Gasteiger partial charge >= 0.3 is 0 Å². The number of benzene rings is 4. The molecule has 43 heavy (non-hydrogen) atoms. The molecule has 0 atom stereocenters. The largest absolute Gasteiger partial charge is 0.381 e. The van der Waals surface area contributed by atoms with Crippen LogP contribution in [-0.4, -0.2) is 6.54 Å². The molecule has 1 aromatic heterocycles. The summed E-state index contributed by atoms with van der Waals surface area (Å²) in [6, 6.07) is 26.7. The smallest absolute Gasteiger partial charge is 0.263 e. The molecule has 6 heteroatoms. The van der Waals surface area contributed by atoms with E-state index in [1.807, 2.05) is 34.9 Å². The minimum absolute atomic E-state index is 0.800. The van der Waals surface area contributed by atoms with Gasteiger partial charge in [0.1, 0.15) is 11.2 Å². The number of aryl methyl sites for hydroxylation is 1. The molecule has 5 aromatic rings.